The predicted octanol–water partition coefficient (Wildman–Crippen LogP) is 4.77. The fourth-order valence-electron chi connectivity index (χ4n) is 1.94. The number of rotatable bonds is 5. The number of carbonyl (C=O) groups excluding carboxylic acids is 1. The Morgan fingerprint density at radius 3 is 2.65 bits per heavy atom. The Kier molecular flexibility index (Phi) is 5.82. The molecule has 0 amide bonds. The van der Waals surface area contributed by atoms with Gasteiger partial charge in [-0.2, -0.15) is 0 Å². The second-order valence-electron chi connectivity index (χ2n) is 4.68. The van der Waals surface area contributed by atoms with Gasteiger partial charge in [0.1, 0.15) is 12.4 Å². The molecule has 122 valence electrons. The Bertz CT molecular complexity index is 703. The van der Waals surface area contributed by atoms with E-state index in [1.807, 2.05) is 6.92 Å². The van der Waals surface area contributed by atoms with Crippen molar-refractivity contribution in [2.45, 2.75) is 20.0 Å². The first-order valence-corrected chi connectivity index (χ1v) is 7.37. The van der Waals surface area contributed by atoms with E-state index in [0.717, 1.165) is 12.0 Å². The van der Waals surface area contributed by atoms with Crippen LogP contribution in [0.1, 0.15) is 18.1 Å². The molecule has 4 nitrogen and oxygen atoms in total. The lowest BCUT2D eigenvalue weighted by Gasteiger charge is -2.13. The molecule has 6 heteroatoms. The van der Waals surface area contributed by atoms with Crippen molar-refractivity contribution >= 4 is 17.8 Å². The van der Waals surface area contributed by atoms with E-state index in [4.69, 9.17) is 21.1 Å². The molecule has 0 saturated heterocycles. The summed E-state index contributed by atoms with van der Waals surface area (Å²) in [7, 11) is 1.20. The smallest absolute Gasteiger partial charge is 0.486 e. The molecule has 0 heterocycles. The summed E-state index contributed by atoms with van der Waals surface area (Å²) in [5.74, 6) is -0.145. The Morgan fingerprint density at radius 1 is 1.22 bits per heavy atom. The highest BCUT2D eigenvalue weighted by molar-refractivity contribution is 6.31. The number of ether oxygens (including phenoxy) is 3. The SMILES string of the molecule is CCc1ccc(OCc2c(Cl)cccc2OC(=O)OC)c(F)c1. The van der Waals surface area contributed by atoms with E-state index < -0.39 is 12.0 Å². The Morgan fingerprint density at radius 2 is 2.00 bits per heavy atom. The third kappa shape index (κ3) is 4.36. The molecule has 0 bridgehead atoms. The van der Waals surface area contributed by atoms with E-state index in [1.165, 1.54) is 13.2 Å². The van der Waals surface area contributed by atoms with Crippen molar-refractivity contribution < 1.29 is 23.4 Å². The molecule has 2 rings (SSSR count). The van der Waals surface area contributed by atoms with Gasteiger partial charge in [-0.1, -0.05) is 30.7 Å². The first-order chi connectivity index (χ1) is 11.0. The summed E-state index contributed by atoms with van der Waals surface area (Å²) >= 11 is 6.10. The lowest BCUT2D eigenvalue weighted by Crippen LogP contribution is -2.10. The van der Waals surface area contributed by atoms with Crippen LogP contribution in [0.5, 0.6) is 11.5 Å². The summed E-state index contributed by atoms with van der Waals surface area (Å²) in [5, 5.41) is 0.344. The van der Waals surface area contributed by atoms with Crippen LogP contribution < -0.4 is 9.47 Å². The topological polar surface area (TPSA) is 44.8 Å². The van der Waals surface area contributed by atoms with Crippen molar-refractivity contribution in [3.05, 3.63) is 58.4 Å². The van der Waals surface area contributed by atoms with Crippen LogP contribution in [0.2, 0.25) is 5.02 Å². The van der Waals surface area contributed by atoms with E-state index >= 15 is 0 Å². The van der Waals surface area contributed by atoms with Gasteiger partial charge in [-0.05, 0) is 36.2 Å². The maximum Gasteiger partial charge on any atom is 0.513 e. The molecule has 2 aromatic rings. The van der Waals surface area contributed by atoms with Crippen LogP contribution in [-0.4, -0.2) is 13.3 Å². The van der Waals surface area contributed by atoms with Crippen LogP contribution in [0.15, 0.2) is 36.4 Å². The van der Waals surface area contributed by atoms with Gasteiger partial charge < -0.3 is 14.2 Å². The lowest BCUT2D eigenvalue weighted by molar-refractivity contribution is 0.120. The number of aryl methyl sites for hydroxylation is 1. The highest BCUT2D eigenvalue weighted by atomic mass is 35.5. The minimum atomic E-state index is -0.869. The van der Waals surface area contributed by atoms with Gasteiger partial charge in [-0.3, -0.25) is 0 Å². The van der Waals surface area contributed by atoms with Gasteiger partial charge in [0.05, 0.1) is 17.7 Å². The largest absolute Gasteiger partial charge is 0.513 e. The average molecular weight is 339 g/mol. The van der Waals surface area contributed by atoms with Crippen LogP contribution in [0.4, 0.5) is 9.18 Å². The van der Waals surface area contributed by atoms with Gasteiger partial charge >= 0.3 is 6.16 Å². The Balaban J connectivity index is 2.18. The zero-order chi connectivity index (χ0) is 16.8. The second kappa shape index (κ2) is 7.83. The molecule has 0 aliphatic rings. The van der Waals surface area contributed by atoms with Crippen molar-refractivity contribution in [1.82, 2.24) is 0 Å². The normalized spacial score (nSPS) is 10.3. The zero-order valence-corrected chi connectivity index (χ0v) is 13.5. The van der Waals surface area contributed by atoms with Crippen molar-refractivity contribution in [1.29, 1.82) is 0 Å². The lowest BCUT2D eigenvalue weighted by atomic mass is 10.1. The molecule has 2 aromatic carbocycles. The van der Waals surface area contributed by atoms with Gasteiger partial charge in [0.2, 0.25) is 0 Å². The summed E-state index contributed by atoms with van der Waals surface area (Å²) in [4.78, 5) is 11.3. The average Bonchev–Trinajstić information content (AvgIpc) is 2.55. The Labute approximate surface area is 138 Å². The van der Waals surface area contributed by atoms with Crippen molar-refractivity contribution in [3.63, 3.8) is 0 Å². The van der Waals surface area contributed by atoms with Crippen molar-refractivity contribution in [3.8, 4) is 11.5 Å². The molecule has 0 atom stereocenters. The number of hydrogen-bond acceptors (Lipinski definition) is 4. The summed E-state index contributed by atoms with van der Waals surface area (Å²) in [6.07, 6.45) is -0.134. The van der Waals surface area contributed by atoms with Gasteiger partial charge in [-0.15, -0.1) is 0 Å². The third-order valence-electron chi connectivity index (χ3n) is 3.21. The minimum Gasteiger partial charge on any atom is -0.486 e. The summed E-state index contributed by atoms with van der Waals surface area (Å²) < 4.78 is 28.9. The van der Waals surface area contributed by atoms with Crippen LogP contribution in [0, 0.1) is 5.82 Å². The molecular weight excluding hydrogens is 323 g/mol. The summed E-state index contributed by atoms with van der Waals surface area (Å²) in [6.45, 7) is 1.89. The maximum absolute atomic E-state index is 13.9. The zero-order valence-electron chi connectivity index (χ0n) is 12.8. The fraction of sp³-hybridized carbons (Fsp3) is 0.235. The fourth-order valence-corrected chi connectivity index (χ4v) is 2.16. The van der Waals surface area contributed by atoms with Crippen LogP contribution in [-0.2, 0) is 17.8 Å². The second-order valence-corrected chi connectivity index (χ2v) is 5.09. The van der Waals surface area contributed by atoms with Crippen molar-refractivity contribution in [2.24, 2.45) is 0 Å². The summed E-state index contributed by atoms with van der Waals surface area (Å²) in [6, 6.07) is 9.58. The standard InChI is InChI=1S/C17H16ClFO4/c1-3-11-7-8-16(14(19)9-11)22-10-12-13(18)5-4-6-15(12)23-17(20)21-2/h4-9H,3,10H2,1-2H3. The first-order valence-electron chi connectivity index (χ1n) is 6.99. The van der Waals surface area contributed by atoms with Crippen LogP contribution in [0.25, 0.3) is 0 Å². The van der Waals surface area contributed by atoms with E-state index in [1.54, 1.807) is 30.3 Å². The van der Waals surface area contributed by atoms with Gasteiger partial charge in [0.15, 0.2) is 11.6 Å². The molecule has 23 heavy (non-hydrogen) atoms. The monoisotopic (exact) mass is 338 g/mol. The molecule has 0 unspecified atom stereocenters. The van der Waals surface area contributed by atoms with Gasteiger partial charge in [0.25, 0.3) is 0 Å². The predicted molar refractivity (Wildman–Crippen MR) is 84.6 cm³/mol. The summed E-state index contributed by atoms with van der Waals surface area (Å²) in [5.41, 5.74) is 1.31. The van der Waals surface area contributed by atoms with E-state index in [0.29, 0.717) is 10.6 Å². The molecule has 0 aromatic heterocycles. The first kappa shape index (κ1) is 17.1. The number of carbonyl (C=O) groups is 1. The van der Waals surface area contributed by atoms with E-state index in [9.17, 15) is 9.18 Å². The molecule has 0 aliphatic carbocycles. The van der Waals surface area contributed by atoms with Gasteiger partial charge in [-0.25, -0.2) is 9.18 Å². The van der Waals surface area contributed by atoms with E-state index in [2.05, 4.69) is 4.74 Å². The number of halogens is 2. The quantitative estimate of drug-likeness (QED) is 0.582. The van der Waals surface area contributed by atoms with Crippen LogP contribution >= 0.6 is 11.6 Å². The molecule has 0 radical (unpaired) electrons. The van der Waals surface area contributed by atoms with E-state index in [-0.39, 0.29) is 18.1 Å². The number of hydrogen-bond donors (Lipinski definition) is 0. The molecular formula is C17H16ClFO4. The highest BCUT2D eigenvalue weighted by Gasteiger charge is 2.14. The Hall–Kier alpha value is -2.27. The maximum atomic E-state index is 13.9. The van der Waals surface area contributed by atoms with Crippen molar-refractivity contribution in [2.75, 3.05) is 7.11 Å². The molecule has 0 spiro atoms. The molecule has 0 aliphatic heterocycles. The number of methoxy groups -OCH3 is 1. The highest BCUT2D eigenvalue weighted by Crippen LogP contribution is 2.29. The minimum absolute atomic E-state index is 0.0472. The number of benzene rings is 2. The molecule has 0 N–H and O–H groups in total. The molecule has 0 fully saturated rings. The van der Waals surface area contributed by atoms with Crippen LogP contribution in [0.3, 0.4) is 0 Å². The van der Waals surface area contributed by atoms with Gasteiger partial charge in [0, 0.05) is 0 Å². The molecule has 0 saturated carbocycles. The third-order valence-corrected chi connectivity index (χ3v) is 3.57.